The second-order valence-electron chi connectivity index (χ2n) is 21.4. The van der Waals surface area contributed by atoms with Gasteiger partial charge in [-0.25, -0.2) is 38.9 Å². The Hall–Kier alpha value is -3.32. The van der Waals surface area contributed by atoms with Crippen LogP contribution in [-0.2, 0) is 55.3 Å². The van der Waals surface area contributed by atoms with Crippen molar-refractivity contribution in [3.63, 3.8) is 0 Å². The standard InChI is InChI=1S/C21H30BrFN2O4S.2C15H21BrFN3O2S/c1-19(2,3)29-18(27)12-17-20(4,5)30(28,24-9-10-26)13-21(6,25-17)15-11-14(22)7-8-16(15)23;1-14(2)13(18)20-15(3,9-23(14,22)19-6-7-21)11-8-10(16)4-5-12(11)17;1-14(2,9-18)23(22,20-6-7-21)10-15(3,19)12-8-11(16)4-5-13(12)17/h7-8,11,26H,9-10,12-13H2,1-6H3;4-5,8,21H,6-7,9H2,1-3H3,(H2,18,20);4-5,8,21H,6-7,10,19H2,1-3H3/t21-,30-;2*15-,23-/m000/s1. The third-order valence-corrected chi connectivity index (χ3v) is 24.2. The lowest BCUT2D eigenvalue weighted by atomic mass is 9.92. The monoisotopic (exact) mass is 1310 g/mol. The zero-order chi connectivity index (χ0) is 58.3. The van der Waals surface area contributed by atoms with Crippen LogP contribution < -0.4 is 11.5 Å². The predicted octanol–water partition coefficient (Wildman–Crippen LogP) is 9.17. The maximum Gasteiger partial charge on any atom is 0.312 e. The number of nitriles is 1. The lowest BCUT2D eigenvalue weighted by Crippen LogP contribution is -2.55. The van der Waals surface area contributed by atoms with Crippen LogP contribution in [0.1, 0.15) is 106 Å². The van der Waals surface area contributed by atoms with Crippen molar-refractivity contribution in [3.05, 3.63) is 102 Å². The summed E-state index contributed by atoms with van der Waals surface area (Å²) in [7, 11) is -8.97. The van der Waals surface area contributed by atoms with Crippen molar-refractivity contribution >= 4 is 94.5 Å². The first-order chi connectivity index (χ1) is 34.7. The van der Waals surface area contributed by atoms with Gasteiger partial charge in [-0.2, -0.15) is 5.26 Å². The normalized spacial score (nSPS) is 24.5. The number of amidine groups is 1. The van der Waals surface area contributed by atoms with E-state index < -0.39 is 89.1 Å². The van der Waals surface area contributed by atoms with Gasteiger partial charge in [-0.1, -0.05) is 47.8 Å². The summed E-state index contributed by atoms with van der Waals surface area (Å²) in [4.78, 5) is 21.8. The smallest absolute Gasteiger partial charge is 0.312 e. The van der Waals surface area contributed by atoms with E-state index in [4.69, 9.17) is 31.4 Å². The van der Waals surface area contributed by atoms with Gasteiger partial charge < -0.3 is 31.5 Å². The lowest BCUT2D eigenvalue weighted by Gasteiger charge is -2.42. The van der Waals surface area contributed by atoms with E-state index in [1.54, 1.807) is 99.6 Å². The molecule has 0 saturated carbocycles. The second-order valence-corrected chi connectivity index (χ2v) is 32.7. The van der Waals surface area contributed by atoms with Crippen LogP contribution in [0.3, 0.4) is 0 Å². The highest BCUT2D eigenvalue weighted by molar-refractivity contribution is 9.11. The van der Waals surface area contributed by atoms with Crippen LogP contribution in [0.15, 0.2) is 91.1 Å². The number of nitrogens with zero attached hydrogens (tertiary/aromatic N) is 6. The number of hydrogen-bond donors (Lipinski definition) is 5. The van der Waals surface area contributed by atoms with Gasteiger partial charge in [0.1, 0.15) is 43.9 Å². The van der Waals surface area contributed by atoms with Gasteiger partial charge in [-0.3, -0.25) is 14.8 Å². The summed E-state index contributed by atoms with van der Waals surface area (Å²) >= 11 is 9.93. The van der Waals surface area contributed by atoms with Gasteiger partial charge in [-0.15, -0.1) is 0 Å². The molecule has 2 heterocycles. The molecule has 3 aromatic carbocycles. The van der Waals surface area contributed by atoms with Gasteiger partial charge in [0.15, 0.2) is 0 Å². The highest BCUT2D eigenvalue weighted by Gasteiger charge is 2.50. The Morgan fingerprint density at radius 3 is 1.61 bits per heavy atom. The number of carbonyl (C=O) groups is 1. The molecule has 424 valence electrons. The molecule has 3 aromatic rings. The first-order valence-corrected chi connectivity index (χ1v) is 31.3. The number of aliphatic hydroxyl groups is 3. The van der Waals surface area contributed by atoms with E-state index in [-0.39, 0.29) is 80.1 Å². The molecule has 76 heavy (non-hydrogen) atoms. The molecule has 2 aliphatic rings. The number of aliphatic hydroxyl groups excluding tert-OH is 3. The maximum absolute atomic E-state index is 14.8. The molecule has 6 atom stereocenters. The average molecular weight is 1320 g/mol. The number of hydrogen-bond acceptors (Lipinski definition) is 16. The van der Waals surface area contributed by atoms with Crippen molar-refractivity contribution in [1.29, 1.82) is 5.26 Å². The van der Waals surface area contributed by atoms with Crippen LogP contribution in [0.5, 0.6) is 0 Å². The molecule has 7 N–H and O–H groups in total. The van der Waals surface area contributed by atoms with Crippen LogP contribution in [0, 0.1) is 28.8 Å². The van der Waals surface area contributed by atoms with Gasteiger partial charge in [0.25, 0.3) is 0 Å². The minimum absolute atomic E-state index is 0.0149. The third kappa shape index (κ3) is 15.7. The van der Waals surface area contributed by atoms with Gasteiger partial charge in [0.05, 0.1) is 114 Å². The first-order valence-electron chi connectivity index (χ1n) is 23.8. The largest absolute Gasteiger partial charge is 0.460 e. The fourth-order valence-corrected chi connectivity index (χ4v) is 16.6. The molecule has 0 amide bonds. The Kier molecular flexibility index (Phi) is 22.4. The Balaban J connectivity index is 0.000000304. The van der Waals surface area contributed by atoms with Crippen molar-refractivity contribution in [3.8, 4) is 6.07 Å². The van der Waals surface area contributed by atoms with Gasteiger partial charge in [0.2, 0.25) is 0 Å². The Morgan fingerprint density at radius 1 is 0.750 bits per heavy atom. The van der Waals surface area contributed by atoms with Crippen molar-refractivity contribution in [2.24, 2.45) is 34.5 Å². The number of rotatable bonds is 14. The molecule has 0 aliphatic carbocycles. The summed E-state index contributed by atoms with van der Waals surface area (Å²) in [5.41, 5.74) is 9.18. The van der Waals surface area contributed by atoms with Crippen LogP contribution >= 0.6 is 47.8 Å². The average Bonchev–Trinajstić information content (AvgIpc) is 3.30. The molecule has 0 unspecified atom stereocenters. The lowest BCUT2D eigenvalue weighted by molar-refractivity contribution is -0.153. The molecule has 0 radical (unpaired) electrons. The first kappa shape index (κ1) is 67.0. The second kappa shape index (κ2) is 25.4. The highest BCUT2D eigenvalue weighted by Crippen LogP contribution is 2.43. The molecule has 0 aromatic heterocycles. The maximum atomic E-state index is 14.8. The summed E-state index contributed by atoms with van der Waals surface area (Å²) in [5, 5.41) is 36.6. The summed E-state index contributed by atoms with van der Waals surface area (Å²) in [6.07, 6.45) is -0.179. The molecule has 0 fully saturated rings. The molecule has 25 heteroatoms. The van der Waals surface area contributed by atoms with Crippen molar-refractivity contribution in [2.75, 3.05) is 56.7 Å². The molecule has 5 rings (SSSR count). The molecule has 2 aliphatic heterocycles. The van der Waals surface area contributed by atoms with E-state index >= 15 is 0 Å². The van der Waals surface area contributed by atoms with E-state index in [9.17, 15) is 41.0 Å². The molecule has 0 spiro atoms. The predicted molar refractivity (Wildman–Crippen MR) is 308 cm³/mol. The molecular weight excluding hydrogens is 1250 g/mol. The summed E-state index contributed by atoms with van der Waals surface area (Å²) in [5.74, 6) is -1.94. The van der Waals surface area contributed by atoms with Crippen LogP contribution in [0.2, 0.25) is 0 Å². The molecular formula is C51H72Br3F3N8O8S3. The summed E-state index contributed by atoms with van der Waals surface area (Å²) < 4.78 is 101. The zero-order valence-electron chi connectivity index (χ0n) is 45.0. The summed E-state index contributed by atoms with van der Waals surface area (Å²) in [6.45, 7) is 19.3. The van der Waals surface area contributed by atoms with Crippen LogP contribution in [0.25, 0.3) is 0 Å². The van der Waals surface area contributed by atoms with Crippen molar-refractivity contribution in [2.45, 2.75) is 126 Å². The number of ether oxygens (including phenoxy) is 1. The van der Waals surface area contributed by atoms with Gasteiger partial charge >= 0.3 is 5.97 Å². The fraction of sp³-hybridized carbons (Fsp3) is 0.569. The number of esters is 1. The molecule has 0 bridgehead atoms. The highest BCUT2D eigenvalue weighted by atomic mass is 79.9. The number of halogens is 6. The minimum Gasteiger partial charge on any atom is -0.460 e. The van der Waals surface area contributed by atoms with Crippen molar-refractivity contribution in [1.82, 2.24) is 0 Å². The van der Waals surface area contributed by atoms with E-state index in [0.29, 0.717) is 24.7 Å². The van der Waals surface area contributed by atoms with E-state index in [1.807, 2.05) is 6.07 Å². The van der Waals surface area contributed by atoms with Crippen molar-refractivity contribution < 1.29 is 50.6 Å². The Bertz CT molecular complexity index is 3140. The molecule has 16 nitrogen and oxygen atoms in total. The Morgan fingerprint density at radius 2 is 1.17 bits per heavy atom. The number of benzene rings is 3. The molecule has 0 saturated heterocycles. The third-order valence-electron chi connectivity index (χ3n) is 12.7. The van der Waals surface area contributed by atoms with Gasteiger partial charge in [0, 0.05) is 35.8 Å². The fourth-order valence-electron chi connectivity index (χ4n) is 8.09. The quantitative estimate of drug-likeness (QED) is 0.0949. The topological polar surface area (TPSA) is 276 Å². The number of aliphatic imine (C=N–C) groups is 2. The SMILES string of the molecule is CC(C)(C#N)[S@@](=O)(C[C@](C)(N)c1cc(Br)ccc1F)=NCCO.CC(C)(C)OC(=O)CC1=N[C@](C)(c2cc(Br)ccc2F)C[S@@](=O)(=NCCO)C1(C)C.CC1(C)C(N)=N[C@](C)(c2cc(Br)ccc2F)C[S@@]1(=O)=NCCO. The minimum atomic E-state index is -3.12. The van der Waals surface area contributed by atoms with Gasteiger partial charge in [-0.05, 0) is 138 Å². The Labute approximate surface area is 472 Å². The van der Waals surface area contributed by atoms with Crippen LogP contribution in [0.4, 0.5) is 13.2 Å². The number of nitrogens with two attached hydrogens (primary N) is 2. The zero-order valence-corrected chi connectivity index (χ0v) is 52.2. The van der Waals surface area contributed by atoms with Crippen LogP contribution in [-0.4, -0.2) is 122 Å². The summed E-state index contributed by atoms with van der Waals surface area (Å²) in [6, 6.07) is 15.4. The van der Waals surface area contributed by atoms with E-state index in [2.05, 4.69) is 65.9 Å². The van der Waals surface area contributed by atoms with E-state index in [0.717, 1.165) is 0 Å². The number of carbonyl (C=O) groups excluding carboxylic acids is 1. The van der Waals surface area contributed by atoms with E-state index in [1.165, 1.54) is 38.1 Å².